The summed E-state index contributed by atoms with van der Waals surface area (Å²) in [4.78, 5) is 14.4. The molecular formula is C16H18N2OS. The minimum Gasteiger partial charge on any atom is -0.317 e. The van der Waals surface area contributed by atoms with Crippen LogP contribution in [0.2, 0.25) is 0 Å². The zero-order chi connectivity index (χ0) is 13.9. The second-order valence-electron chi connectivity index (χ2n) is 5.29. The van der Waals surface area contributed by atoms with E-state index in [0.717, 1.165) is 18.5 Å². The molecule has 1 aliphatic rings. The van der Waals surface area contributed by atoms with Crippen molar-refractivity contribution in [1.82, 2.24) is 4.90 Å². The average Bonchev–Trinajstić information content (AvgIpc) is 3.15. The Kier molecular flexibility index (Phi) is 3.74. The van der Waals surface area contributed by atoms with Gasteiger partial charge in [-0.15, -0.1) is 0 Å². The summed E-state index contributed by atoms with van der Waals surface area (Å²) in [6, 6.07) is 10.4. The first-order valence-corrected chi connectivity index (χ1v) is 7.82. The number of rotatable bonds is 4. The van der Waals surface area contributed by atoms with Crippen LogP contribution in [0.3, 0.4) is 0 Å². The predicted molar refractivity (Wildman–Crippen MR) is 83.1 cm³/mol. The monoisotopic (exact) mass is 286 g/mol. The molecule has 2 amide bonds. The summed E-state index contributed by atoms with van der Waals surface area (Å²) in [5.41, 5.74) is 3.26. The minimum absolute atomic E-state index is 0.00236. The Morgan fingerprint density at radius 1 is 1.30 bits per heavy atom. The van der Waals surface area contributed by atoms with E-state index in [1.54, 1.807) is 11.3 Å². The Labute approximate surface area is 123 Å². The third-order valence-electron chi connectivity index (χ3n) is 3.48. The predicted octanol–water partition coefficient (Wildman–Crippen LogP) is 4.25. The fourth-order valence-electron chi connectivity index (χ4n) is 2.16. The molecule has 0 radical (unpaired) electrons. The molecule has 1 aromatic carbocycles. The van der Waals surface area contributed by atoms with Crippen LogP contribution in [-0.2, 0) is 6.54 Å². The summed E-state index contributed by atoms with van der Waals surface area (Å²) < 4.78 is 0. The summed E-state index contributed by atoms with van der Waals surface area (Å²) in [5.74, 6) is 0. The molecule has 4 heteroatoms. The van der Waals surface area contributed by atoms with Crippen molar-refractivity contribution in [1.29, 1.82) is 0 Å². The molecule has 0 spiro atoms. The quantitative estimate of drug-likeness (QED) is 0.895. The molecule has 0 atom stereocenters. The van der Waals surface area contributed by atoms with Gasteiger partial charge >= 0.3 is 6.03 Å². The Hall–Kier alpha value is -1.81. The molecule has 0 aliphatic heterocycles. The van der Waals surface area contributed by atoms with Crippen molar-refractivity contribution in [3.05, 3.63) is 52.2 Å². The maximum Gasteiger partial charge on any atom is 0.322 e. The normalized spacial score (nSPS) is 14.1. The van der Waals surface area contributed by atoms with E-state index in [-0.39, 0.29) is 6.03 Å². The number of hydrogen-bond acceptors (Lipinski definition) is 2. The number of nitrogens with one attached hydrogen (secondary N) is 1. The zero-order valence-electron chi connectivity index (χ0n) is 11.5. The van der Waals surface area contributed by atoms with Gasteiger partial charge in [0.1, 0.15) is 0 Å². The highest BCUT2D eigenvalue weighted by atomic mass is 32.1. The fourth-order valence-corrected chi connectivity index (χ4v) is 2.82. The first-order chi connectivity index (χ1) is 9.72. The van der Waals surface area contributed by atoms with Crippen molar-refractivity contribution >= 4 is 23.1 Å². The van der Waals surface area contributed by atoms with E-state index in [1.807, 2.05) is 36.1 Å². The number of thiophene rings is 1. The van der Waals surface area contributed by atoms with E-state index in [4.69, 9.17) is 0 Å². The van der Waals surface area contributed by atoms with Gasteiger partial charge in [-0.1, -0.05) is 17.7 Å². The van der Waals surface area contributed by atoms with Crippen molar-refractivity contribution in [3.63, 3.8) is 0 Å². The molecule has 1 aliphatic carbocycles. The van der Waals surface area contributed by atoms with Crippen molar-refractivity contribution in [2.75, 3.05) is 5.32 Å². The van der Waals surface area contributed by atoms with E-state index < -0.39 is 0 Å². The summed E-state index contributed by atoms with van der Waals surface area (Å²) in [5, 5.41) is 7.15. The zero-order valence-corrected chi connectivity index (χ0v) is 12.3. The van der Waals surface area contributed by atoms with E-state index >= 15 is 0 Å². The molecule has 104 valence electrons. The molecule has 2 aromatic rings. The van der Waals surface area contributed by atoms with Gasteiger partial charge in [0.2, 0.25) is 0 Å². The number of anilines is 1. The van der Waals surface area contributed by atoms with Crippen molar-refractivity contribution < 1.29 is 4.79 Å². The van der Waals surface area contributed by atoms with Crippen molar-refractivity contribution in [3.8, 4) is 0 Å². The average molecular weight is 286 g/mol. The summed E-state index contributed by atoms with van der Waals surface area (Å²) in [7, 11) is 0. The van der Waals surface area contributed by atoms with Crippen LogP contribution in [0.4, 0.5) is 10.5 Å². The van der Waals surface area contributed by atoms with Gasteiger partial charge in [0.25, 0.3) is 0 Å². The van der Waals surface area contributed by atoms with E-state index in [1.165, 1.54) is 11.1 Å². The molecule has 1 saturated carbocycles. The van der Waals surface area contributed by atoms with Gasteiger partial charge in [0, 0.05) is 18.3 Å². The number of urea groups is 1. The van der Waals surface area contributed by atoms with E-state index in [0.29, 0.717) is 12.6 Å². The van der Waals surface area contributed by atoms with Crippen molar-refractivity contribution in [2.24, 2.45) is 0 Å². The Morgan fingerprint density at radius 2 is 2.05 bits per heavy atom. The molecule has 1 N–H and O–H groups in total. The third kappa shape index (κ3) is 3.20. The van der Waals surface area contributed by atoms with Gasteiger partial charge in [-0.05, 0) is 54.3 Å². The molecular weight excluding hydrogens is 268 g/mol. The summed E-state index contributed by atoms with van der Waals surface area (Å²) in [6.07, 6.45) is 2.23. The third-order valence-corrected chi connectivity index (χ3v) is 4.22. The summed E-state index contributed by atoms with van der Waals surface area (Å²) >= 11 is 1.67. The Balaban J connectivity index is 1.67. The lowest BCUT2D eigenvalue weighted by Gasteiger charge is -2.22. The second-order valence-corrected chi connectivity index (χ2v) is 6.07. The van der Waals surface area contributed by atoms with Crippen LogP contribution in [0.5, 0.6) is 0 Å². The van der Waals surface area contributed by atoms with Gasteiger partial charge in [-0.3, -0.25) is 0 Å². The van der Waals surface area contributed by atoms with Crippen LogP contribution >= 0.6 is 11.3 Å². The highest BCUT2D eigenvalue weighted by molar-refractivity contribution is 7.07. The smallest absolute Gasteiger partial charge is 0.317 e. The fraction of sp³-hybridized carbons (Fsp3) is 0.312. The van der Waals surface area contributed by atoms with Crippen LogP contribution in [-0.4, -0.2) is 17.0 Å². The van der Waals surface area contributed by atoms with Crippen LogP contribution in [0.15, 0.2) is 41.1 Å². The number of carbonyl (C=O) groups excluding carboxylic acids is 1. The highest BCUT2D eigenvalue weighted by Gasteiger charge is 2.32. The number of amides is 2. The molecule has 1 fully saturated rings. The van der Waals surface area contributed by atoms with Crippen molar-refractivity contribution in [2.45, 2.75) is 32.4 Å². The molecule has 0 bridgehead atoms. The summed E-state index contributed by atoms with van der Waals surface area (Å²) in [6.45, 7) is 2.74. The molecule has 0 saturated heterocycles. The van der Waals surface area contributed by atoms with E-state index in [9.17, 15) is 4.79 Å². The van der Waals surface area contributed by atoms with Crippen LogP contribution in [0.25, 0.3) is 0 Å². The lowest BCUT2D eigenvalue weighted by Crippen LogP contribution is -2.36. The Bertz CT molecular complexity index is 573. The highest BCUT2D eigenvalue weighted by Crippen LogP contribution is 2.29. The SMILES string of the molecule is Cc1ccc(NC(=O)N(Cc2ccsc2)C2CC2)cc1. The van der Waals surface area contributed by atoms with Crippen LogP contribution in [0, 0.1) is 6.92 Å². The Morgan fingerprint density at radius 3 is 2.65 bits per heavy atom. The lowest BCUT2D eigenvalue weighted by molar-refractivity contribution is 0.206. The van der Waals surface area contributed by atoms with Gasteiger partial charge in [0.15, 0.2) is 0 Å². The molecule has 3 nitrogen and oxygen atoms in total. The molecule has 1 aromatic heterocycles. The molecule has 3 rings (SSSR count). The minimum atomic E-state index is 0.00236. The molecule has 0 unspecified atom stereocenters. The first kappa shape index (κ1) is 13.2. The molecule has 20 heavy (non-hydrogen) atoms. The number of aryl methyl sites for hydroxylation is 1. The van der Waals surface area contributed by atoms with Crippen LogP contribution < -0.4 is 5.32 Å². The van der Waals surface area contributed by atoms with Crippen LogP contribution in [0.1, 0.15) is 24.0 Å². The lowest BCUT2D eigenvalue weighted by atomic mass is 10.2. The topological polar surface area (TPSA) is 32.3 Å². The van der Waals surface area contributed by atoms with Gasteiger partial charge < -0.3 is 10.2 Å². The number of benzene rings is 1. The number of carbonyl (C=O) groups is 1. The second kappa shape index (κ2) is 5.67. The van der Waals surface area contributed by atoms with E-state index in [2.05, 4.69) is 22.1 Å². The standard InChI is InChI=1S/C16H18N2OS/c1-12-2-4-14(5-3-12)17-16(19)18(15-6-7-15)10-13-8-9-20-11-13/h2-5,8-9,11,15H,6-7,10H2,1H3,(H,17,19). The first-order valence-electron chi connectivity index (χ1n) is 6.88. The van der Waals surface area contributed by atoms with Gasteiger partial charge in [-0.25, -0.2) is 4.79 Å². The maximum absolute atomic E-state index is 12.4. The number of hydrogen-bond donors (Lipinski definition) is 1. The largest absolute Gasteiger partial charge is 0.322 e. The maximum atomic E-state index is 12.4. The van der Waals surface area contributed by atoms with Gasteiger partial charge in [0.05, 0.1) is 0 Å². The molecule has 1 heterocycles. The number of nitrogens with zero attached hydrogens (tertiary/aromatic N) is 1. The van der Waals surface area contributed by atoms with Gasteiger partial charge in [-0.2, -0.15) is 11.3 Å².